The van der Waals surface area contributed by atoms with Crippen molar-refractivity contribution >= 4 is 51.9 Å². The summed E-state index contributed by atoms with van der Waals surface area (Å²) in [5.41, 5.74) is 7.16. The van der Waals surface area contributed by atoms with Crippen molar-refractivity contribution in [3.8, 4) is 0 Å². The Kier molecular flexibility index (Phi) is 2.91. The van der Waals surface area contributed by atoms with E-state index in [-0.39, 0.29) is 0 Å². The first-order chi connectivity index (χ1) is 7.13. The fraction of sp³-hybridized carbons (Fsp3) is 0.375. The molecule has 0 aromatic carbocycles. The van der Waals surface area contributed by atoms with Gasteiger partial charge in [0.1, 0.15) is 11.2 Å². The Hall–Kier alpha value is -0.700. The van der Waals surface area contributed by atoms with E-state index in [0.29, 0.717) is 20.2 Å². The fourth-order valence-electron chi connectivity index (χ4n) is 1.36. The maximum absolute atomic E-state index is 5.62. The van der Waals surface area contributed by atoms with Crippen LogP contribution >= 0.6 is 34.8 Å². The van der Waals surface area contributed by atoms with Crippen LogP contribution in [-0.4, -0.2) is 19.5 Å². The van der Waals surface area contributed by atoms with Crippen molar-refractivity contribution in [1.82, 2.24) is 19.5 Å². The topological polar surface area (TPSA) is 72.5 Å². The van der Waals surface area contributed by atoms with E-state index in [1.807, 2.05) is 4.57 Å². The molecule has 0 aliphatic carbocycles. The molecule has 3 N–H and O–H groups in total. The molecule has 2 heterocycles. The third-order valence-corrected chi connectivity index (χ3v) is 3.87. The average molecular weight is 335 g/mol. The quantitative estimate of drug-likeness (QED) is 0.502. The van der Waals surface area contributed by atoms with Crippen LogP contribution < -0.4 is 5.73 Å². The summed E-state index contributed by atoms with van der Waals surface area (Å²) in [4.78, 5) is 11.2. The van der Waals surface area contributed by atoms with Crippen LogP contribution in [0.2, 0.25) is 0 Å². The summed E-state index contributed by atoms with van der Waals surface area (Å²) in [7, 11) is 0. The molecule has 0 saturated carbocycles. The molecule has 0 aliphatic rings. The number of alkyl halides is 1. The van der Waals surface area contributed by atoms with Gasteiger partial charge in [-0.05, 0) is 6.42 Å². The summed E-state index contributed by atoms with van der Waals surface area (Å²) in [6, 6.07) is 0. The Morgan fingerprint density at radius 3 is 3.13 bits per heavy atom. The van der Waals surface area contributed by atoms with Crippen LogP contribution in [0.3, 0.4) is 0 Å². The van der Waals surface area contributed by atoms with E-state index in [0.717, 1.165) is 12.1 Å². The monoisotopic (exact) mass is 335 g/mol. The second-order valence-corrected chi connectivity index (χ2v) is 4.94. The van der Waals surface area contributed by atoms with Crippen LogP contribution in [0.15, 0.2) is 6.33 Å². The van der Waals surface area contributed by atoms with Crippen molar-refractivity contribution in [2.24, 2.45) is 0 Å². The van der Waals surface area contributed by atoms with E-state index in [2.05, 4.69) is 44.5 Å². The first kappa shape index (κ1) is 10.8. The number of rotatable bonds is 2. The largest absolute Gasteiger partial charge is 0.369 e. The van der Waals surface area contributed by atoms with E-state index >= 15 is 0 Å². The van der Waals surface area contributed by atoms with Crippen LogP contribution in [0.5, 0.6) is 0 Å². The second kappa shape index (κ2) is 4.05. The number of imidazole rings is 1. The van der Waals surface area contributed by atoms with Crippen molar-refractivity contribution in [2.45, 2.75) is 17.4 Å². The van der Waals surface area contributed by atoms with Gasteiger partial charge in [0.25, 0.3) is 0 Å². The molecule has 0 saturated heterocycles. The van der Waals surface area contributed by atoms with E-state index < -0.39 is 0 Å². The maximum atomic E-state index is 5.62. The smallest absolute Gasteiger partial charge is 0.200 e. The van der Waals surface area contributed by atoms with Crippen LogP contribution in [0.1, 0.15) is 17.4 Å². The molecule has 0 amide bonds. The zero-order valence-corrected chi connectivity index (χ0v) is 11.0. The molecule has 5 nitrogen and oxygen atoms in total. The number of anilines is 1. The van der Waals surface area contributed by atoms with Gasteiger partial charge < -0.3 is 15.3 Å². The third kappa shape index (κ3) is 1.85. The van der Waals surface area contributed by atoms with Gasteiger partial charge in [-0.15, -0.1) is 0 Å². The maximum Gasteiger partial charge on any atom is 0.200 e. The molecule has 80 valence electrons. The number of fused-ring (bicyclic) bond motifs is 1. The Morgan fingerprint density at radius 2 is 2.47 bits per heavy atom. The first-order valence-corrected chi connectivity index (χ1v) is 6.15. The SMILES string of the molecule is CC[C@@H](I)n1cnc2c(=S)nc(N)[nH]c21. The number of nitrogens with two attached hydrogens (primary N) is 1. The second-order valence-electron chi connectivity index (χ2n) is 3.12. The van der Waals surface area contributed by atoms with Crippen molar-refractivity contribution in [1.29, 1.82) is 0 Å². The number of H-pyrrole nitrogens is 1. The molecule has 2 rings (SSSR count). The lowest BCUT2D eigenvalue weighted by Gasteiger charge is -2.09. The highest BCUT2D eigenvalue weighted by molar-refractivity contribution is 14.1. The van der Waals surface area contributed by atoms with Crippen molar-refractivity contribution < 1.29 is 0 Å². The summed E-state index contributed by atoms with van der Waals surface area (Å²) >= 11 is 7.44. The molecule has 7 heteroatoms. The molecule has 0 aliphatic heterocycles. The summed E-state index contributed by atoms with van der Waals surface area (Å²) in [6.45, 7) is 2.11. The van der Waals surface area contributed by atoms with Gasteiger partial charge in [-0.3, -0.25) is 0 Å². The number of hydrogen-bond acceptors (Lipinski definition) is 4. The van der Waals surface area contributed by atoms with Crippen LogP contribution in [-0.2, 0) is 0 Å². The predicted molar refractivity (Wildman–Crippen MR) is 70.5 cm³/mol. The Labute approximate surface area is 105 Å². The number of aromatic amines is 1. The summed E-state index contributed by atoms with van der Waals surface area (Å²) in [6.07, 6.45) is 2.77. The van der Waals surface area contributed by atoms with Crippen LogP contribution in [0, 0.1) is 4.64 Å². The number of hydrogen-bond donors (Lipinski definition) is 2. The highest BCUT2D eigenvalue weighted by Gasteiger charge is 2.11. The Balaban J connectivity index is 2.74. The average Bonchev–Trinajstić information content (AvgIpc) is 2.60. The standard InChI is InChI=1S/C8H10IN5S/c1-2-4(9)14-3-11-5-6(14)12-8(10)13-7(5)15/h3-4H,2H2,1H3,(H3,10,12,13,15)/t4-/m0/s1. The molecule has 0 bridgehead atoms. The number of nitrogens with zero attached hydrogens (tertiary/aromatic N) is 3. The zero-order valence-electron chi connectivity index (χ0n) is 8.07. The van der Waals surface area contributed by atoms with Gasteiger partial charge >= 0.3 is 0 Å². The Morgan fingerprint density at radius 1 is 1.73 bits per heavy atom. The molecule has 2 aromatic heterocycles. The van der Waals surface area contributed by atoms with Gasteiger partial charge in [-0.25, -0.2) is 9.97 Å². The summed E-state index contributed by atoms with van der Waals surface area (Å²) in [5, 5.41) is 0. The highest BCUT2D eigenvalue weighted by atomic mass is 127. The van der Waals surface area contributed by atoms with E-state index in [9.17, 15) is 0 Å². The summed E-state index contributed by atoms with van der Waals surface area (Å²) in [5.74, 6) is 0.328. The number of aromatic nitrogens is 4. The molecule has 0 radical (unpaired) electrons. The molecule has 15 heavy (non-hydrogen) atoms. The number of halogens is 1. The molecular formula is C8H10IN5S. The van der Waals surface area contributed by atoms with Gasteiger partial charge in [0.05, 0.1) is 10.4 Å². The lowest BCUT2D eigenvalue weighted by molar-refractivity contribution is 0.697. The minimum absolute atomic E-state index is 0.328. The molecule has 1 atom stereocenters. The van der Waals surface area contributed by atoms with Crippen LogP contribution in [0.25, 0.3) is 11.2 Å². The van der Waals surface area contributed by atoms with Gasteiger partial charge in [0, 0.05) is 0 Å². The normalized spacial score (nSPS) is 13.2. The number of nitrogen functional groups attached to an aromatic ring is 1. The minimum atomic E-state index is 0.328. The van der Waals surface area contributed by atoms with Gasteiger partial charge in [0.2, 0.25) is 0 Å². The number of nitrogens with one attached hydrogen (secondary N) is 1. The van der Waals surface area contributed by atoms with E-state index in [1.165, 1.54) is 0 Å². The lowest BCUT2D eigenvalue weighted by Crippen LogP contribution is -2.02. The zero-order chi connectivity index (χ0) is 11.0. The van der Waals surface area contributed by atoms with E-state index in [1.54, 1.807) is 6.33 Å². The molecular weight excluding hydrogens is 325 g/mol. The van der Waals surface area contributed by atoms with Gasteiger partial charge in [-0.2, -0.15) is 0 Å². The van der Waals surface area contributed by atoms with Crippen molar-refractivity contribution in [3.05, 3.63) is 11.0 Å². The first-order valence-electron chi connectivity index (χ1n) is 4.50. The predicted octanol–water partition coefficient (Wildman–Crippen LogP) is 2.41. The highest BCUT2D eigenvalue weighted by Crippen LogP contribution is 2.24. The van der Waals surface area contributed by atoms with E-state index in [4.69, 9.17) is 18.0 Å². The molecule has 0 fully saturated rings. The minimum Gasteiger partial charge on any atom is -0.369 e. The van der Waals surface area contributed by atoms with Gasteiger partial charge in [0.15, 0.2) is 10.6 Å². The molecule has 0 unspecified atom stereocenters. The fourth-order valence-corrected chi connectivity index (χ4v) is 2.03. The summed E-state index contributed by atoms with van der Waals surface area (Å²) < 4.78 is 2.80. The third-order valence-electron chi connectivity index (χ3n) is 2.10. The van der Waals surface area contributed by atoms with Crippen LogP contribution in [0.4, 0.5) is 5.95 Å². The van der Waals surface area contributed by atoms with Crippen molar-refractivity contribution in [2.75, 3.05) is 5.73 Å². The molecule has 0 spiro atoms. The Bertz CT molecular complexity index is 545. The van der Waals surface area contributed by atoms with Crippen molar-refractivity contribution in [3.63, 3.8) is 0 Å². The lowest BCUT2D eigenvalue weighted by atomic mass is 10.4. The molecule has 2 aromatic rings. The van der Waals surface area contributed by atoms with Gasteiger partial charge in [-0.1, -0.05) is 41.7 Å².